The fourth-order valence-electron chi connectivity index (χ4n) is 1.70. The van der Waals surface area contributed by atoms with Gasteiger partial charge < -0.3 is 5.32 Å². The first-order valence-electron chi connectivity index (χ1n) is 5.43. The maximum atomic E-state index is 6.22. The lowest BCUT2D eigenvalue weighted by atomic mass is 10.0. The number of benzene rings is 1. The van der Waals surface area contributed by atoms with Gasteiger partial charge in [0, 0.05) is 27.2 Å². The minimum absolute atomic E-state index is 0.0187. The molecule has 18 heavy (non-hydrogen) atoms. The highest BCUT2D eigenvalue weighted by Gasteiger charge is 2.17. The van der Waals surface area contributed by atoms with E-state index in [1.165, 1.54) is 0 Å². The molecule has 1 N–H and O–H groups in total. The van der Waals surface area contributed by atoms with E-state index < -0.39 is 0 Å². The van der Waals surface area contributed by atoms with E-state index >= 15 is 0 Å². The van der Waals surface area contributed by atoms with E-state index in [2.05, 4.69) is 16.9 Å². The summed E-state index contributed by atoms with van der Waals surface area (Å²) in [6.45, 7) is 3.77. The summed E-state index contributed by atoms with van der Waals surface area (Å²) < 4.78 is 0. The van der Waals surface area contributed by atoms with Gasteiger partial charge in [0.2, 0.25) is 0 Å². The molecule has 0 bridgehead atoms. The molecule has 0 amide bonds. The van der Waals surface area contributed by atoms with Crippen LogP contribution in [-0.2, 0) is 0 Å². The van der Waals surface area contributed by atoms with Crippen LogP contribution in [0, 0.1) is 0 Å². The highest BCUT2D eigenvalue weighted by molar-refractivity contribution is 7.13. The summed E-state index contributed by atoms with van der Waals surface area (Å²) in [4.78, 5) is 4.21. The van der Waals surface area contributed by atoms with Gasteiger partial charge in [-0.1, -0.05) is 35.3 Å². The predicted octanol–water partition coefficient (Wildman–Crippen LogP) is 5.18. The van der Waals surface area contributed by atoms with Crippen molar-refractivity contribution >= 4 is 39.7 Å². The average Bonchev–Trinajstić information content (AvgIpc) is 2.82. The fraction of sp³-hybridized carbons (Fsp3) is 0.154. The predicted molar refractivity (Wildman–Crippen MR) is 79.8 cm³/mol. The number of nitrogens with one attached hydrogen (secondary N) is 1. The Balaban J connectivity index is 2.32. The second-order valence-electron chi connectivity index (χ2n) is 3.69. The Kier molecular flexibility index (Phi) is 4.64. The molecule has 0 aliphatic carbocycles. The van der Waals surface area contributed by atoms with Crippen LogP contribution in [0.3, 0.4) is 0 Å². The molecule has 0 fully saturated rings. The summed E-state index contributed by atoms with van der Waals surface area (Å²) in [5, 5.41) is 7.39. The van der Waals surface area contributed by atoms with Gasteiger partial charge in [-0.3, -0.25) is 0 Å². The van der Waals surface area contributed by atoms with E-state index in [9.17, 15) is 0 Å². The van der Waals surface area contributed by atoms with Crippen LogP contribution in [0.15, 0.2) is 42.4 Å². The second-order valence-corrected chi connectivity index (χ2v) is 5.40. The first kappa shape index (κ1) is 13.4. The second kappa shape index (κ2) is 6.23. The van der Waals surface area contributed by atoms with Crippen molar-refractivity contribution in [3.8, 4) is 0 Å². The highest BCUT2D eigenvalue weighted by Crippen LogP contribution is 2.34. The van der Waals surface area contributed by atoms with Gasteiger partial charge in [-0.15, -0.1) is 17.9 Å². The van der Waals surface area contributed by atoms with Crippen LogP contribution in [0.5, 0.6) is 0 Å². The Morgan fingerprint density at radius 3 is 2.67 bits per heavy atom. The molecule has 1 aromatic carbocycles. The van der Waals surface area contributed by atoms with Crippen molar-refractivity contribution in [2.24, 2.45) is 0 Å². The molecule has 1 atom stereocenters. The molecule has 2 aromatic rings. The van der Waals surface area contributed by atoms with E-state index in [0.717, 1.165) is 17.1 Å². The van der Waals surface area contributed by atoms with Crippen LogP contribution >= 0.6 is 34.5 Å². The van der Waals surface area contributed by atoms with Crippen molar-refractivity contribution in [3.63, 3.8) is 0 Å². The minimum atomic E-state index is -0.0187. The summed E-state index contributed by atoms with van der Waals surface area (Å²) in [5.41, 5.74) is 0.885. The first-order chi connectivity index (χ1) is 8.72. The van der Waals surface area contributed by atoms with Gasteiger partial charge in [-0.05, 0) is 18.6 Å². The molecule has 0 saturated carbocycles. The van der Waals surface area contributed by atoms with Gasteiger partial charge in [0.15, 0.2) is 5.13 Å². The van der Waals surface area contributed by atoms with Crippen molar-refractivity contribution in [2.75, 3.05) is 5.32 Å². The molecule has 0 aliphatic rings. The molecule has 0 aliphatic heterocycles. The average molecular weight is 299 g/mol. The van der Waals surface area contributed by atoms with Gasteiger partial charge in [-0.25, -0.2) is 4.98 Å². The topological polar surface area (TPSA) is 24.9 Å². The molecule has 1 aromatic heterocycles. The van der Waals surface area contributed by atoms with Crippen molar-refractivity contribution in [3.05, 3.63) is 58.0 Å². The Morgan fingerprint density at radius 1 is 1.39 bits per heavy atom. The summed E-state index contributed by atoms with van der Waals surface area (Å²) in [6.07, 6.45) is 4.32. The van der Waals surface area contributed by atoms with Crippen LogP contribution in [0.2, 0.25) is 10.0 Å². The van der Waals surface area contributed by atoms with Crippen molar-refractivity contribution < 1.29 is 0 Å². The lowest BCUT2D eigenvalue weighted by Crippen LogP contribution is -2.11. The van der Waals surface area contributed by atoms with E-state index in [1.807, 2.05) is 29.7 Å². The number of hydrogen-bond donors (Lipinski definition) is 1. The first-order valence-corrected chi connectivity index (χ1v) is 7.06. The molecule has 1 unspecified atom stereocenters. The quantitative estimate of drug-likeness (QED) is 0.769. The largest absolute Gasteiger partial charge is 0.354 e. The molecule has 2 nitrogen and oxygen atoms in total. The maximum absolute atomic E-state index is 6.22. The minimum Gasteiger partial charge on any atom is -0.354 e. The number of aromatic nitrogens is 1. The number of nitrogens with zero attached hydrogens (tertiary/aromatic N) is 1. The molecule has 0 spiro atoms. The zero-order valence-corrected chi connectivity index (χ0v) is 11.9. The summed E-state index contributed by atoms with van der Waals surface area (Å²) in [7, 11) is 0. The third-order valence-electron chi connectivity index (χ3n) is 2.48. The number of anilines is 1. The molecule has 94 valence electrons. The van der Waals surface area contributed by atoms with Crippen LogP contribution in [0.1, 0.15) is 18.0 Å². The summed E-state index contributed by atoms with van der Waals surface area (Å²) in [6, 6.07) is 5.49. The molecular weight excluding hydrogens is 287 g/mol. The fourth-order valence-corrected chi connectivity index (χ4v) is 2.95. The molecule has 5 heteroatoms. The van der Waals surface area contributed by atoms with Crippen LogP contribution in [0.25, 0.3) is 0 Å². The van der Waals surface area contributed by atoms with Crippen LogP contribution in [-0.4, -0.2) is 4.98 Å². The molecular formula is C13H12Cl2N2S. The van der Waals surface area contributed by atoms with Gasteiger partial charge >= 0.3 is 0 Å². The zero-order chi connectivity index (χ0) is 13.0. The third kappa shape index (κ3) is 3.05. The molecule has 1 heterocycles. The van der Waals surface area contributed by atoms with E-state index in [-0.39, 0.29) is 6.04 Å². The smallest absolute Gasteiger partial charge is 0.183 e. The summed E-state index contributed by atoms with van der Waals surface area (Å²) >= 11 is 14.0. The normalized spacial score (nSPS) is 12.1. The highest BCUT2D eigenvalue weighted by atomic mass is 35.5. The maximum Gasteiger partial charge on any atom is 0.183 e. The monoisotopic (exact) mass is 298 g/mol. The van der Waals surface area contributed by atoms with E-state index in [1.54, 1.807) is 17.5 Å². The standard InChI is InChI=1S/C13H12Cl2N2S/c1-2-4-11(17-13-16-7-8-18-13)12-9(14)5-3-6-10(12)15/h2-3,5-8,11H,1,4H2,(H,16,17). The number of rotatable bonds is 5. The van der Waals surface area contributed by atoms with Gasteiger partial charge in [-0.2, -0.15) is 0 Å². The SMILES string of the molecule is C=CCC(Nc1nccs1)c1c(Cl)cccc1Cl. The van der Waals surface area contributed by atoms with Crippen LogP contribution in [0.4, 0.5) is 5.13 Å². The zero-order valence-electron chi connectivity index (χ0n) is 9.57. The lowest BCUT2D eigenvalue weighted by molar-refractivity contribution is 0.798. The number of hydrogen-bond acceptors (Lipinski definition) is 3. The molecule has 2 rings (SSSR count). The Morgan fingerprint density at radius 2 is 2.11 bits per heavy atom. The van der Waals surface area contributed by atoms with Crippen molar-refractivity contribution in [1.29, 1.82) is 0 Å². The Hall–Kier alpha value is -1.03. The molecule has 0 saturated heterocycles. The van der Waals surface area contributed by atoms with Gasteiger partial charge in [0.05, 0.1) is 6.04 Å². The van der Waals surface area contributed by atoms with Crippen molar-refractivity contribution in [2.45, 2.75) is 12.5 Å². The van der Waals surface area contributed by atoms with E-state index in [0.29, 0.717) is 10.0 Å². The number of halogens is 2. The summed E-state index contributed by atoms with van der Waals surface area (Å²) in [5.74, 6) is 0. The Labute approximate surface area is 120 Å². The lowest BCUT2D eigenvalue weighted by Gasteiger charge is -2.19. The third-order valence-corrected chi connectivity index (χ3v) is 3.84. The van der Waals surface area contributed by atoms with E-state index in [4.69, 9.17) is 23.2 Å². The van der Waals surface area contributed by atoms with Crippen molar-refractivity contribution in [1.82, 2.24) is 4.98 Å². The van der Waals surface area contributed by atoms with Gasteiger partial charge in [0.1, 0.15) is 0 Å². The number of thiazole rings is 1. The van der Waals surface area contributed by atoms with Gasteiger partial charge in [0.25, 0.3) is 0 Å². The van der Waals surface area contributed by atoms with Crippen LogP contribution < -0.4 is 5.32 Å². The Bertz CT molecular complexity index is 506. The molecule has 0 radical (unpaired) electrons.